The van der Waals surface area contributed by atoms with Gasteiger partial charge in [-0.15, -0.1) is 0 Å². The highest BCUT2D eigenvalue weighted by Crippen LogP contribution is 2.39. The van der Waals surface area contributed by atoms with Gasteiger partial charge < -0.3 is 19.7 Å². The van der Waals surface area contributed by atoms with E-state index in [0.717, 1.165) is 44.5 Å². The SMILES string of the molecule is O=C(Nc1ccccc1F)N1CCC2(CC1)CC(CCOc1ccncc1)CCO2. The first-order valence-corrected chi connectivity index (χ1v) is 10.6. The fraction of sp³-hybridized carbons (Fsp3) is 0.478. The maximum Gasteiger partial charge on any atom is 0.321 e. The van der Waals surface area contributed by atoms with E-state index >= 15 is 0 Å². The molecule has 4 rings (SSSR count). The summed E-state index contributed by atoms with van der Waals surface area (Å²) in [4.78, 5) is 18.3. The van der Waals surface area contributed by atoms with Crippen molar-refractivity contribution in [3.8, 4) is 5.75 Å². The van der Waals surface area contributed by atoms with Gasteiger partial charge in [-0.25, -0.2) is 9.18 Å². The Labute approximate surface area is 176 Å². The van der Waals surface area contributed by atoms with Crippen LogP contribution in [0.15, 0.2) is 48.8 Å². The van der Waals surface area contributed by atoms with E-state index in [9.17, 15) is 9.18 Å². The zero-order valence-electron chi connectivity index (χ0n) is 17.1. The van der Waals surface area contributed by atoms with Crippen molar-refractivity contribution in [1.29, 1.82) is 0 Å². The van der Waals surface area contributed by atoms with Crippen LogP contribution in [0.3, 0.4) is 0 Å². The first-order valence-electron chi connectivity index (χ1n) is 10.6. The number of hydrogen-bond donors (Lipinski definition) is 1. The molecule has 2 aromatic rings. The number of piperidine rings is 1. The molecule has 1 atom stereocenters. The van der Waals surface area contributed by atoms with Crippen molar-refractivity contribution in [2.75, 3.05) is 31.6 Å². The van der Waals surface area contributed by atoms with Crippen LogP contribution in [0, 0.1) is 11.7 Å². The van der Waals surface area contributed by atoms with E-state index in [0.29, 0.717) is 25.6 Å². The zero-order valence-corrected chi connectivity index (χ0v) is 17.1. The van der Waals surface area contributed by atoms with Gasteiger partial charge in [-0.05, 0) is 62.3 Å². The normalized spacial score (nSPS) is 20.7. The maximum absolute atomic E-state index is 13.8. The summed E-state index contributed by atoms with van der Waals surface area (Å²) >= 11 is 0. The Morgan fingerprint density at radius 3 is 2.77 bits per heavy atom. The van der Waals surface area contributed by atoms with E-state index in [1.165, 1.54) is 6.07 Å². The minimum atomic E-state index is -0.424. The third-order valence-corrected chi connectivity index (χ3v) is 6.12. The lowest BCUT2D eigenvalue weighted by atomic mass is 9.78. The summed E-state index contributed by atoms with van der Waals surface area (Å²) in [5.41, 5.74) is 0.0555. The van der Waals surface area contributed by atoms with Gasteiger partial charge in [-0.2, -0.15) is 0 Å². The van der Waals surface area contributed by atoms with Crippen LogP contribution in [0.1, 0.15) is 32.1 Å². The van der Waals surface area contributed by atoms with Crippen LogP contribution in [0.2, 0.25) is 0 Å². The minimum absolute atomic E-state index is 0.158. The number of hydrogen-bond acceptors (Lipinski definition) is 4. The Hall–Kier alpha value is -2.67. The van der Waals surface area contributed by atoms with Crippen LogP contribution in [-0.4, -0.2) is 47.8 Å². The number of nitrogens with one attached hydrogen (secondary N) is 1. The van der Waals surface area contributed by atoms with Crippen molar-refractivity contribution in [2.24, 2.45) is 5.92 Å². The van der Waals surface area contributed by atoms with Crippen molar-refractivity contribution >= 4 is 11.7 Å². The van der Waals surface area contributed by atoms with Gasteiger partial charge in [-0.1, -0.05) is 12.1 Å². The molecule has 1 spiro atoms. The maximum atomic E-state index is 13.8. The molecule has 0 radical (unpaired) electrons. The van der Waals surface area contributed by atoms with Gasteiger partial charge in [0.1, 0.15) is 11.6 Å². The number of nitrogens with zero attached hydrogens (tertiary/aromatic N) is 2. The molecule has 0 aliphatic carbocycles. The average molecular weight is 413 g/mol. The third kappa shape index (κ3) is 5.08. The molecule has 2 fully saturated rings. The van der Waals surface area contributed by atoms with Gasteiger partial charge in [0.25, 0.3) is 0 Å². The van der Waals surface area contributed by atoms with Crippen LogP contribution >= 0.6 is 0 Å². The number of halogens is 1. The van der Waals surface area contributed by atoms with Gasteiger partial charge in [0.05, 0.1) is 17.9 Å². The second-order valence-electron chi connectivity index (χ2n) is 8.11. The van der Waals surface area contributed by atoms with Crippen LogP contribution < -0.4 is 10.1 Å². The lowest BCUT2D eigenvalue weighted by Crippen LogP contribution is -2.51. The number of urea groups is 1. The molecule has 1 aromatic heterocycles. The fourth-order valence-corrected chi connectivity index (χ4v) is 4.38. The van der Waals surface area contributed by atoms with Crippen LogP contribution in [0.25, 0.3) is 0 Å². The van der Waals surface area contributed by atoms with E-state index in [1.807, 2.05) is 12.1 Å². The Morgan fingerprint density at radius 2 is 2.00 bits per heavy atom. The van der Waals surface area contributed by atoms with Crippen LogP contribution in [0.4, 0.5) is 14.9 Å². The summed E-state index contributed by atoms with van der Waals surface area (Å²) in [7, 11) is 0. The third-order valence-electron chi connectivity index (χ3n) is 6.12. The highest BCUT2D eigenvalue weighted by atomic mass is 19.1. The molecule has 2 amide bonds. The number of aromatic nitrogens is 1. The standard InChI is InChI=1S/C23H28FN3O3/c24-20-3-1-2-4-21(20)26-22(28)27-13-9-23(10-14-27)17-18(8-16-30-23)7-15-29-19-5-11-25-12-6-19/h1-6,11-12,18H,7-10,13-17H2,(H,26,28). The molecule has 0 saturated carbocycles. The number of carbonyl (C=O) groups excluding carboxylic acids is 1. The summed E-state index contributed by atoms with van der Waals surface area (Å²) in [6.45, 7) is 2.66. The average Bonchev–Trinajstić information content (AvgIpc) is 2.77. The molecular weight excluding hydrogens is 385 g/mol. The van der Waals surface area contributed by atoms with Gasteiger partial charge >= 0.3 is 6.03 Å². The number of anilines is 1. The summed E-state index contributed by atoms with van der Waals surface area (Å²) in [5, 5.41) is 2.67. The predicted molar refractivity (Wildman–Crippen MR) is 112 cm³/mol. The molecule has 2 aliphatic rings. The summed E-state index contributed by atoms with van der Waals surface area (Å²) < 4.78 is 25.8. The van der Waals surface area contributed by atoms with E-state index < -0.39 is 5.82 Å². The Kier molecular flexibility index (Phi) is 6.47. The second kappa shape index (κ2) is 9.43. The van der Waals surface area contributed by atoms with Gasteiger partial charge in [-0.3, -0.25) is 4.98 Å². The zero-order chi connectivity index (χ0) is 20.8. The lowest BCUT2D eigenvalue weighted by molar-refractivity contribution is -0.124. The van der Waals surface area contributed by atoms with E-state index in [2.05, 4.69) is 10.3 Å². The molecule has 6 nitrogen and oxygen atoms in total. The molecule has 7 heteroatoms. The monoisotopic (exact) mass is 413 g/mol. The molecule has 160 valence electrons. The molecule has 1 N–H and O–H groups in total. The minimum Gasteiger partial charge on any atom is -0.493 e. The number of para-hydroxylation sites is 1. The van der Waals surface area contributed by atoms with Crippen LogP contribution in [-0.2, 0) is 4.74 Å². The number of rotatable bonds is 5. The Balaban J connectivity index is 1.25. The quantitative estimate of drug-likeness (QED) is 0.785. The summed E-state index contributed by atoms with van der Waals surface area (Å²) in [6.07, 6.45) is 8.10. The van der Waals surface area contributed by atoms with Crippen molar-refractivity contribution in [2.45, 2.75) is 37.7 Å². The van der Waals surface area contributed by atoms with Crippen molar-refractivity contribution in [1.82, 2.24) is 9.88 Å². The molecule has 0 bridgehead atoms. The second-order valence-corrected chi connectivity index (χ2v) is 8.11. The van der Waals surface area contributed by atoms with Crippen molar-refractivity contribution in [3.05, 3.63) is 54.6 Å². The van der Waals surface area contributed by atoms with E-state index in [-0.39, 0.29) is 17.3 Å². The van der Waals surface area contributed by atoms with Gasteiger partial charge in [0.2, 0.25) is 0 Å². The van der Waals surface area contributed by atoms with E-state index in [4.69, 9.17) is 9.47 Å². The van der Waals surface area contributed by atoms with Crippen molar-refractivity contribution in [3.63, 3.8) is 0 Å². The number of benzene rings is 1. The lowest BCUT2D eigenvalue weighted by Gasteiger charge is -2.46. The molecular formula is C23H28FN3O3. The first-order chi connectivity index (χ1) is 14.6. The van der Waals surface area contributed by atoms with E-state index in [1.54, 1.807) is 35.5 Å². The summed E-state index contributed by atoms with van der Waals surface area (Å²) in [5.74, 6) is 0.979. The predicted octanol–water partition coefficient (Wildman–Crippen LogP) is 4.48. The number of carbonyl (C=O) groups is 1. The van der Waals surface area contributed by atoms with Crippen LogP contribution in [0.5, 0.6) is 5.75 Å². The summed E-state index contributed by atoms with van der Waals surface area (Å²) in [6, 6.07) is 9.71. The first kappa shape index (κ1) is 20.6. The highest BCUT2D eigenvalue weighted by Gasteiger charge is 2.41. The number of pyridine rings is 1. The number of amides is 2. The molecule has 2 saturated heterocycles. The fourth-order valence-electron chi connectivity index (χ4n) is 4.38. The number of ether oxygens (including phenoxy) is 2. The van der Waals surface area contributed by atoms with Gasteiger partial charge in [0.15, 0.2) is 0 Å². The molecule has 1 aromatic carbocycles. The molecule has 3 heterocycles. The molecule has 2 aliphatic heterocycles. The smallest absolute Gasteiger partial charge is 0.321 e. The highest BCUT2D eigenvalue weighted by molar-refractivity contribution is 5.89. The Morgan fingerprint density at radius 1 is 1.23 bits per heavy atom. The number of likely N-dealkylation sites (tertiary alicyclic amines) is 1. The van der Waals surface area contributed by atoms with Gasteiger partial charge in [0, 0.05) is 32.1 Å². The van der Waals surface area contributed by atoms with Crippen molar-refractivity contribution < 1.29 is 18.7 Å². The largest absolute Gasteiger partial charge is 0.493 e. The topological polar surface area (TPSA) is 63.7 Å². The molecule has 30 heavy (non-hydrogen) atoms. The molecule has 1 unspecified atom stereocenters. The Bertz CT molecular complexity index is 841.